The summed E-state index contributed by atoms with van der Waals surface area (Å²) >= 11 is 0. The van der Waals surface area contributed by atoms with Crippen LogP contribution in [0.4, 0.5) is 27.6 Å². The summed E-state index contributed by atoms with van der Waals surface area (Å²) in [5.41, 5.74) is 2.05. The lowest BCUT2D eigenvalue weighted by Crippen LogP contribution is -2.25. The third kappa shape index (κ3) is 5.59. The summed E-state index contributed by atoms with van der Waals surface area (Å²) in [7, 11) is 0. The third-order valence-corrected chi connectivity index (χ3v) is 5.36. The highest BCUT2D eigenvalue weighted by atomic mass is 19.2. The predicted octanol–water partition coefficient (Wildman–Crippen LogP) is 6.85. The normalized spacial score (nSPS) is 12.2. The molecule has 3 rings (SSSR count). The van der Waals surface area contributed by atoms with Crippen LogP contribution in [0.2, 0.25) is 0 Å². The average Bonchev–Trinajstić information content (AvgIpc) is 2.79. The largest absolute Gasteiger partial charge is 0.320 e. The van der Waals surface area contributed by atoms with E-state index in [1.165, 1.54) is 0 Å². The summed E-state index contributed by atoms with van der Waals surface area (Å²) in [6.07, 6.45) is 1.00. The fourth-order valence-corrected chi connectivity index (χ4v) is 3.60. The van der Waals surface area contributed by atoms with E-state index in [4.69, 9.17) is 0 Å². The Morgan fingerprint density at radius 1 is 0.727 bits per heavy atom. The van der Waals surface area contributed by atoms with Crippen LogP contribution in [0.25, 0.3) is 0 Å². The first-order valence-electron chi connectivity index (χ1n) is 10.5. The molecule has 3 aromatic carbocycles. The zero-order chi connectivity index (χ0) is 24.3. The molecule has 7 heteroatoms. The number of hydrogen-bond acceptors (Lipinski definition) is 1. The first-order chi connectivity index (χ1) is 15.6. The topological polar surface area (TPSA) is 29.1 Å². The van der Waals surface area contributed by atoms with Gasteiger partial charge in [-0.3, -0.25) is 4.79 Å². The molecule has 1 unspecified atom stereocenters. The number of anilines is 1. The van der Waals surface area contributed by atoms with Crippen LogP contribution in [-0.2, 0) is 17.6 Å². The predicted molar refractivity (Wildman–Crippen MR) is 117 cm³/mol. The fraction of sp³-hybridized carbons (Fsp3) is 0.269. The lowest BCUT2D eigenvalue weighted by molar-refractivity contribution is -0.117. The van der Waals surface area contributed by atoms with Crippen LogP contribution in [0.1, 0.15) is 42.0 Å². The van der Waals surface area contributed by atoms with Crippen LogP contribution >= 0.6 is 0 Å². The molecule has 0 bridgehead atoms. The molecule has 0 spiro atoms. The van der Waals surface area contributed by atoms with Crippen molar-refractivity contribution >= 4 is 11.6 Å². The van der Waals surface area contributed by atoms with Gasteiger partial charge in [0.25, 0.3) is 0 Å². The van der Waals surface area contributed by atoms with Crippen molar-refractivity contribution < 1.29 is 26.7 Å². The molecule has 0 aliphatic heterocycles. The van der Waals surface area contributed by atoms with Gasteiger partial charge in [0, 0.05) is 0 Å². The second kappa shape index (κ2) is 10.1. The third-order valence-electron chi connectivity index (χ3n) is 5.36. The molecule has 3 aromatic rings. The van der Waals surface area contributed by atoms with Crippen molar-refractivity contribution in [1.82, 2.24) is 0 Å². The number of nitrogens with one attached hydrogen (secondary N) is 1. The number of carbonyl (C=O) groups excluding carboxylic acids is 1. The summed E-state index contributed by atoms with van der Waals surface area (Å²) in [6, 6.07) is 14.6. The number of hydrogen-bond donors (Lipinski definition) is 1. The Balaban J connectivity index is 1.97. The van der Waals surface area contributed by atoms with Gasteiger partial charge in [-0.05, 0) is 42.4 Å². The Hall–Kier alpha value is -3.22. The van der Waals surface area contributed by atoms with Gasteiger partial charge in [0.05, 0.1) is 5.92 Å². The van der Waals surface area contributed by atoms with Crippen molar-refractivity contribution in [2.24, 2.45) is 5.92 Å². The number of aryl methyl sites for hydroxylation is 1. The minimum atomic E-state index is -2.28. The summed E-state index contributed by atoms with van der Waals surface area (Å²) in [5.74, 6) is -12.0. The molecule has 0 radical (unpaired) electrons. The zero-order valence-corrected chi connectivity index (χ0v) is 18.5. The van der Waals surface area contributed by atoms with E-state index in [1.807, 2.05) is 48.6 Å². The van der Waals surface area contributed by atoms with Crippen LogP contribution in [0.15, 0.2) is 48.5 Å². The number of halogens is 5. The quantitative estimate of drug-likeness (QED) is 0.233. The average molecular weight is 461 g/mol. The number of rotatable bonds is 7. The van der Waals surface area contributed by atoms with Crippen LogP contribution in [-0.4, -0.2) is 5.91 Å². The zero-order valence-electron chi connectivity index (χ0n) is 18.5. The van der Waals surface area contributed by atoms with Crippen molar-refractivity contribution in [2.45, 2.75) is 39.5 Å². The second-order valence-electron chi connectivity index (χ2n) is 8.52. The van der Waals surface area contributed by atoms with Gasteiger partial charge in [-0.2, -0.15) is 0 Å². The van der Waals surface area contributed by atoms with Gasteiger partial charge in [0.1, 0.15) is 5.69 Å². The Bertz CT molecular complexity index is 1110. The van der Waals surface area contributed by atoms with Gasteiger partial charge in [0.2, 0.25) is 11.7 Å². The van der Waals surface area contributed by atoms with E-state index < -0.39 is 46.6 Å². The van der Waals surface area contributed by atoms with E-state index in [1.54, 1.807) is 12.1 Å². The molecule has 0 saturated carbocycles. The van der Waals surface area contributed by atoms with E-state index in [0.29, 0.717) is 11.5 Å². The minimum absolute atomic E-state index is 0.172. The molecule has 0 aromatic heterocycles. The molecule has 0 heterocycles. The van der Waals surface area contributed by atoms with E-state index >= 15 is 0 Å². The molecular formula is C26H24F5NO. The van der Waals surface area contributed by atoms with E-state index in [0.717, 1.165) is 23.1 Å². The van der Waals surface area contributed by atoms with Crippen molar-refractivity contribution in [3.05, 3.63) is 99.9 Å². The molecule has 0 saturated heterocycles. The van der Waals surface area contributed by atoms with Gasteiger partial charge in [-0.15, -0.1) is 0 Å². The van der Waals surface area contributed by atoms with E-state index in [9.17, 15) is 26.7 Å². The molecule has 1 atom stereocenters. The molecule has 0 aliphatic rings. The maximum Gasteiger partial charge on any atom is 0.232 e. The van der Waals surface area contributed by atoms with Gasteiger partial charge in [0.15, 0.2) is 23.3 Å². The Kier molecular flexibility index (Phi) is 7.51. The first-order valence-corrected chi connectivity index (χ1v) is 10.5. The monoisotopic (exact) mass is 461 g/mol. The van der Waals surface area contributed by atoms with Gasteiger partial charge >= 0.3 is 0 Å². The molecule has 174 valence electrons. The molecule has 1 N–H and O–H groups in total. The van der Waals surface area contributed by atoms with Crippen LogP contribution in [0.5, 0.6) is 0 Å². The Morgan fingerprint density at radius 2 is 1.18 bits per heavy atom. The van der Waals surface area contributed by atoms with Crippen molar-refractivity contribution in [2.75, 3.05) is 5.32 Å². The van der Waals surface area contributed by atoms with E-state index in [2.05, 4.69) is 13.8 Å². The number of amides is 1. The molecule has 33 heavy (non-hydrogen) atoms. The van der Waals surface area contributed by atoms with Crippen molar-refractivity contribution in [3.63, 3.8) is 0 Å². The lowest BCUT2D eigenvalue weighted by atomic mass is 9.89. The summed E-state index contributed by atoms with van der Waals surface area (Å²) in [4.78, 5) is 13.1. The summed E-state index contributed by atoms with van der Waals surface area (Å²) < 4.78 is 68.8. The summed E-state index contributed by atoms with van der Waals surface area (Å²) in [6.45, 7) is 6.06. The van der Waals surface area contributed by atoms with Gasteiger partial charge in [-0.1, -0.05) is 67.9 Å². The highest BCUT2D eigenvalue weighted by Crippen LogP contribution is 2.30. The standard InChI is InChI=1S/C26H24F5NO/c1-14(2)12-16-8-10-18(11-9-16)19(13-17-6-4-15(3)5-7-17)26(33)32-25-23(30)21(28)20(27)22(29)24(25)31/h4-11,14,19H,12-13H2,1-3H3,(H,32,33). The van der Waals surface area contributed by atoms with Gasteiger partial charge < -0.3 is 5.32 Å². The smallest absolute Gasteiger partial charge is 0.232 e. The minimum Gasteiger partial charge on any atom is -0.320 e. The Labute approximate surface area is 189 Å². The first kappa shape index (κ1) is 24.4. The second-order valence-corrected chi connectivity index (χ2v) is 8.52. The lowest BCUT2D eigenvalue weighted by Gasteiger charge is -2.19. The molecular weight excluding hydrogens is 437 g/mol. The van der Waals surface area contributed by atoms with Gasteiger partial charge in [-0.25, -0.2) is 22.0 Å². The van der Waals surface area contributed by atoms with Crippen molar-refractivity contribution in [3.8, 4) is 0 Å². The molecule has 1 amide bonds. The number of carbonyl (C=O) groups is 1. The Morgan fingerprint density at radius 3 is 1.70 bits per heavy atom. The highest BCUT2D eigenvalue weighted by molar-refractivity contribution is 5.96. The van der Waals surface area contributed by atoms with Crippen molar-refractivity contribution in [1.29, 1.82) is 0 Å². The van der Waals surface area contributed by atoms with Crippen LogP contribution in [0.3, 0.4) is 0 Å². The highest BCUT2D eigenvalue weighted by Gasteiger charge is 2.29. The maximum absolute atomic E-state index is 14.1. The summed E-state index contributed by atoms with van der Waals surface area (Å²) in [5, 5.41) is 1.93. The number of benzene rings is 3. The molecule has 0 aliphatic carbocycles. The maximum atomic E-state index is 14.1. The van der Waals surface area contributed by atoms with Crippen LogP contribution in [0, 0.1) is 41.9 Å². The van der Waals surface area contributed by atoms with Crippen LogP contribution < -0.4 is 5.32 Å². The SMILES string of the molecule is Cc1ccc(CC(C(=O)Nc2c(F)c(F)c(F)c(F)c2F)c2ccc(CC(C)C)cc2)cc1. The molecule has 2 nitrogen and oxygen atoms in total. The molecule has 0 fully saturated rings. The van der Waals surface area contributed by atoms with E-state index in [-0.39, 0.29) is 6.42 Å². The fourth-order valence-electron chi connectivity index (χ4n) is 3.60.